The summed E-state index contributed by atoms with van der Waals surface area (Å²) < 4.78 is 30.0. The molecule has 114 valence electrons. The molecule has 0 bridgehead atoms. The number of carbonyl (C=O) groups excluding carboxylic acids is 1. The number of aromatic nitrogens is 1. The Morgan fingerprint density at radius 2 is 1.95 bits per heavy atom. The maximum Gasteiger partial charge on any atom is 0.251 e. The molecule has 1 N–H and O–H groups in total. The maximum absolute atomic E-state index is 12.3. The fourth-order valence-corrected chi connectivity index (χ4v) is 2.77. The smallest absolute Gasteiger partial charge is 0.251 e. The van der Waals surface area contributed by atoms with Crippen molar-refractivity contribution in [2.75, 3.05) is 12.8 Å². The van der Waals surface area contributed by atoms with Crippen LogP contribution in [-0.4, -0.2) is 41.4 Å². The van der Waals surface area contributed by atoms with Gasteiger partial charge in [-0.15, -0.1) is 0 Å². The predicted molar refractivity (Wildman–Crippen MR) is 74.6 cm³/mol. The fourth-order valence-electron chi connectivity index (χ4n) is 2.00. The summed E-state index contributed by atoms with van der Waals surface area (Å²) >= 11 is 0. The number of ether oxygens (including phenoxy) is 1. The SMILES string of the molecule is CCS(=O)(=O)N(C)C1=C(O)C(=O)C(C)(c2ccncc2)O1. The molecule has 0 spiro atoms. The van der Waals surface area contributed by atoms with E-state index in [-0.39, 0.29) is 11.6 Å². The molecule has 1 aliphatic rings. The molecule has 0 amide bonds. The number of hydrogen-bond acceptors (Lipinski definition) is 6. The fraction of sp³-hybridized carbons (Fsp3) is 0.385. The van der Waals surface area contributed by atoms with Crippen molar-refractivity contribution in [3.63, 3.8) is 0 Å². The number of sulfonamides is 1. The number of pyridine rings is 1. The van der Waals surface area contributed by atoms with Crippen LogP contribution in [0, 0.1) is 0 Å². The topological polar surface area (TPSA) is 96.8 Å². The summed E-state index contributed by atoms with van der Waals surface area (Å²) in [5, 5.41) is 9.97. The second-order valence-electron chi connectivity index (χ2n) is 4.72. The summed E-state index contributed by atoms with van der Waals surface area (Å²) in [6.45, 7) is 2.93. The zero-order valence-electron chi connectivity index (χ0n) is 11.9. The molecule has 1 aliphatic heterocycles. The predicted octanol–water partition coefficient (Wildman–Crippen LogP) is 0.905. The van der Waals surface area contributed by atoms with Gasteiger partial charge in [0.25, 0.3) is 11.7 Å². The van der Waals surface area contributed by atoms with Crippen molar-refractivity contribution in [1.29, 1.82) is 0 Å². The molecule has 2 heterocycles. The molecule has 21 heavy (non-hydrogen) atoms. The number of nitrogens with zero attached hydrogens (tertiary/aromatic N) is 2. The van der Waals surface area contributed by atoms with Crippen molar-refractivity contribution < 1.29 is 23.1 Å². The van der Waals surface area contributed by atoms with E-state index in [1.807, 2.05) is 0 Å². The third-order valence-corrected chi connectivity index (χ3v) is 5.18. The van der Waals surface area contributed by atoms with Crippen LogP contribution in [0.15, 0.2) is 36.2 Å². The van der Waals surface area contributed by atoms with Crippen molar-refractivity contribution in [2.45, 2.75) is 19.4 Å². The third kappa shape index (κ3) is 2.35. The van der Waals surface area contributed by atoms with Gasteiger partial charge in [-0.25, -0.2) is 12.7 Å². The zero-order chi connectivity index (χ0) is 15.8. The maximum atomic E-state index is 12.3. The van der Waals surface area contributed by atoms with Gasteiger partial charge in [-0.3, -0.25) is 9.78 Å². The van der Waals surface area contributed by atoms with Crippen LogP contribution in [0.2, 0.25) is 0 Å². The van der Waals surface area contributed by atoms with E-state index in [9.17, 15) is 18.3 Å². The Hall–Kier alpha value is -2.09. The molecule has 0 radical (unpaired) electrons. The van der Waals surface area contributed by atoms with Crippen LogP contribution in [0.4, 0.5) is 0 Å². The van der Waals surface area contributed by atoms with Crippen molar-refractivity contribution in [1.82, 2.24) is 9.29 Å². The second-order valence-corrected chi connectivity index (χ2v) is 7.01. The highest BCUT2D eigenvalue weighted by Crippen LogP contribution is 2.39. The number of ketones is 1. The van der Waals surface area contributed by atoms with Crippen LogP contribution < -0.4 is 0 Å². The van der Waals surface area contributed by atoms with E-state index in [2.05, 4.69) is 4.98 Å². The van der Waals surface area contributed by atoms with E-state index in [0.29, 0.717) is 5.56 Å². The Balaban J connectivity index is 2.44. The Bertz CT molecular complexity index is 699. The lowest BCUT2D eigenvalue weighted by Gasteiger charge is -2.26. The Kier molecular flexibility index (Phi) is 3.66. The van der Waals surface area contributed by atoms with Gasteiger partial charge in [0, 0.05) is 25.0 Å². The first-order valence-electron chi connectivity index (χ1n) is 6.28. The van der Waals surface area contributed by atoms with E-state index in [0.717, 1.165) is 4.31 Å². The molecule has 2 rings (SSSR count). The Morgan fingerprint density at radius 1 is 1.38 bits per heavy atom. The first-order chi connectivity index (χ1) is 9.74. The summed E-state index contributed by atoms with van der Waals surface area (Å²) in [5.74, 6) is -1.93. The van der Waals surface area contributed by atoms with Gasteiger partial charge in [0.05, 0.1) is 5.75 Å². The normalized spacial score (nSPS) is 22.3. The number of rotatable bonds is 4. The van der Waals surface area contributed by atoms with Gasteiger partial charge in [0.15, 0.2) is 5.60 Å². The van der Waals surface area contributed by atoms with Gasteiger partial charge >= 0.3 is 0 Å². The molecule has 0 fully saturated rings. The van der Waals surface area contributed by atoms with Crippen LogP contribution in [0.5, 0.6) is 0 Å². The van der Waals surface area contributed by atoms with Gasteiger partial charge in [-0.1, -0.05) is 0 Å². The van der Waals surface area contributed by atoms with E-state index in [1.165, 1.54) is 33.3 Å². The van der Waals surface area contributed by atoms with Crippen molar-refractivity contribution in [3.8, 4) is 0 Å². The second kappa shape index (κ2) is 5.03. The first kappa shape index (κ1) is 15.3. The van der Waals surface area contributed by atoms with E-state index in [1.54, 1.807) is 12.1 Å². The van der Waals surface area contributed by atoms with E-state index < -0.39 is 27.2 Å². The number of hydrogen-bond donors (Lipinski definition) is 1. The zero-order valence-corrected chi connectivity index (χ0v) is 12.7. The average Bonchev–Trinajstić information content (AvgIpc) is 2.73. The summed E-state index contributed by atoms with van der Waals surface area (Å²) in [5.41, 5.74) is -0.994. The van der Waals surface area contributed by atoms with Crippen LogP contribution in [0.25, 0.3) is 0 Å². The molecule has 1 atom stereocenters. The minimum atomic E-state index is -3.64. The van der Waals surface area contributed by atoms with Gasteiger partial charge in [0.2, 0.25) is 15.8 Å². The summed E-state index contributed by atoms with van der Waals surface area (Å²) in [7, 11) is -2.41. The standard InChI is InChI=1S/C13H16N2O5S/c1-4-21(18,19)15(3)12-10(16)11(17)13(2,20-12)9-5-7-14-8-6-9/h5-8,16H,4H2,1-3H3. The van der Waals surface area contributed by atoms with Crippen LogP contribution >= 0.6 is 0 Å². The molecular weight excluding hydrogens is 296 g/mol. The Morgan fingerprint density at radius 3 is 2.48 bits per heavy atom. The number of aliphatic hydroxyl groups is 1. The molecule has 0 aliphatic carbocycles. The lowest BCUT2D eigenvalue weighted by molar-refractivity contribution is -0.132. The number of aliphatic hydroxyl groups excluding tert-OH is 1. The van der Waals surface area contributed by atoms with Gasteiger partial charge < -0.3 is 9.84 Å². The number of Topliss-reactive ketones (excluding diaryl/α,β-unsaturated/α-hetero) is 1. The molecule has 7 nitrogen and oxygen atoms in total. The van der Waals surface area contributed by atoms with Gasteiger partial charge in [0.1, 0.15) is 0 Å². The lowest BCUT2D eigenvalue weighted by atomic mass is 9.92. The quantitative estimate of drug-likeness (QED) is 0.887. The highest BCUT2D eigenvalue weighted by atomic mass is 32.2. The molecule has 1 aromatic heterocycles. The highest BCUT2D eigenvalue weighted by molar-refractivity contribution is 7.89. The highest BCUT2D eigenvalue weighted by Gasteiger charge is 2.50. The van der Waals surface area contributed by atoms with Gasteiger partial charge in [-0.2, -0.15) is 0 Å². The third-order valence-electron chi connectivity index (χ3n) is 3.45. The monoisotopic (exact) mass is 312 g/mol. The van der Waals surface area contributed by atoms with Crippen LogP contribution in [0.3, 0.4) is 0 Å². The average molecular weight is 312 g/mol. The summed E-state index contributed by atoms with van der Waals surface area (Å²) in [4.78, 5) is 16.1. The van der Waals surface area contributed by atoms with Crippen molar-refractivity contribution in [3.05, 3.63) is 41.7 Å². The molecule has 0 saturated carbocycles. The lowest BCUT2D eigenvalue weighted by Crippen LogP contribution is -2.33. The van der Waals surface area contributed by atoms with Crippen LogP contribution in [0.1, 0.15) is 19.4 Å². The first-order valence-corrected chi connectivity index (χ1v) is 7.89. The van der Waals surface area contributed by atoms with Crippen molar-refractivity contribution >= 4 is 15.8 Å². The van der Waals surface area contributed by atoms with Crippen LogP contribution in [-0.2, 0) is 25.2 Å². The largest absolute Gasteiger partial charge is 0.501 e. The van der Waals surface area contributed by atoms with E-state index in [4.69, 9.17) is 4.74 Å². The molecule has 8 heteroatoms. The molecule has 1 unspecified atom stereocenters. The van der Waals surface area contributed by atoms with E-state index >= 15 is 0 Å². The minimum absolute atomic E-state index is 0.177. The molecule has 1 aromatic rings. The summed E-state index contributed by atoms with van der Waals surface area (Å²) in [6.07, 6.45) is 2.97. The number of carbonyl (C=O) groups is 1. The Labute approximate surface area is 122 Å². The molecule has 0 aromatic carbocycles. The molecule has 0 saturated heterocycles. The minimum Gasteiger partial charge on any atom is -0.501 e. The summed E-state index contributed by atoms with van der Waals surface area (Å²) in [6, 6.07) is 3.14. The molecular formula is C13H16N2O5S. The van der Waals surface area contributed by atoms with Crippen molar-refractivity contribution in [2.24, 2.45) is 0 Å². The van der Waals surface area contributed by atoms with Gasteiger partial charge in [-0.05, 0) is 26.0 Å².